The molecule has 1 aliphatic carbocycles. The van der Waals surface area contributed by atoms with Crippen LogP contribution < -0.4 is 9.47 Å². The smallest absolute Gasteiger partial charge is 0.188 e. The predicted molar refractivity (Wildman–Crippen MR) is 88.3 cm³/mol. The summed E-state index contributed by atoms with van der Waals surface area (Å²) >= 11 is 0. The molecule has 4 heteroatoms. The first-order valence-electron chi connectivity index (χ1n) is 7.95. The maximum absolute atomic E-state index is 12.8. The summed E-state index contributed by atoms with van der Waals surface area (Å²) in [6.45, 7) is 4.99. The summed E-state index contributed by atoms with van der Waals surface area (Å²) in [5.74, 6) is 1.33. The molecule has 0 heterocycles. The van der Waals surface area contributed by atoms with Crippen molar-refractivity contribution in [2.75, 3.05) is 13.2 Å². The summed E-state index contributed by atoms with van der Waals surface area (Å²) in [6.07, 6.45) is 6.21. The van der Waals surface area contributed by atoms with Crippen LogP contribution in [0.3, 0.4) is 0 Å². The zero-order chi connectivity index (χ0) is 15.1. The largest absolute Gasteiger partial charge is 0.493 e. The third-order valence-electron chi connectivity index (χ3n) is 3.76. The fourth-order valence-electron chi connectivity index (χ4n) is 2.79. The minimum atomic E-state index is 0.189. The monoisotopic (exact) mass is 308 g/mol. The molecule has 0 spiro atoms. The van der Waals surface area contributed by atoms with Gasteiger partial charge in [-0.1, -0.05) is 25.3 Å². The molecule has 0 saturated heterocycles. The summed E-state index contributed by atoms with van der Waals surface area (Å²) in [5, 5.41) is 0. The van der Waals surface area contributed by atoms with Crippen molar-refractivity contribution in [3.63, 3.8) is 0 Å². The van der Waals surface area contributed by atoms with Gasteiger partial charge in [0.25, 0.3) is 0 Å². The molecular formula is C17H25O3P. The van der Waals surface area contributed by atoms with E-state index in [1.165, 1.54) is 32.1 Å². The van der Waals surface area contributed by atoms with E-state index < -0.39 is 0 Å². The van der Waals surface area contributed by atoms with E-state index in [1.54, 1.807) is 0 Å². The van der Waals surface area contributed by atoms with E-state index in [-0.39, 0.29) is 5.52 Å². The van der Waals surface area contributed by atoms with E-state index in [0.717, 1.165) is 0 Å². The fraction of sp³-hybridized carbons (Fsp3) is 0.588. The van der Waals surface area contributed by atoms with Crippen molar-refractivity contribution in [1.82, 2.24) is 0 Å². The van der Waals surface area contributed by atoms with Crippen LogP contribution in [0.15, 0.2) is 18.2 Å². The van der Waals surface area contributed by atoms with Gasteiger partial charge in [-0.15, -0.1) is 0 Å². The molecule has 3 nitrogen and oxygen atoms in total. The third-order valence-corrected chi connectivity index (χ3v) is 5.25. The average molecular weight is 308 g/mol. The molecular weight excluding hydrogens is 283 g/mol. The lowest BCUT2D eigenvalue weighted by molar-refractivity contribution is 0.107. The van der Waals surface area contributed by atoms with Gasteiger partial charge in [0.1, 0.15) is 17.1 Å². The number of ether oxygens (including phenoxy) is 2. The normalized spacial score (nSPS) is 16.3. The first-order chi connectivity index (χ1) is 10.3. The highest BCUT2D eigenvalue weighted by molar-refractivity contribution is 7.59. The standard InChI is InChI=1S/C17H25O3P/c1-3-19-14-11-8-12-15(20-4-2)16(14)17(18)21-13-9-6-5-7-10-13/h8,11-13,21H,3-7,9-10H2,1-2H3. The van der Waals surface area contributed by atoms with Gasteiger partial charge >= 0.3 is 0 Å². The maximum atomic E-state index is 12.8. The molecule has 2 rings (SSSR count). The first kappa shape index (κ1) is 16.3. The highest BCUT2D eigenvalue weighted by Gasteiger charge is 2.23. The molecule has 1 unspecified atom stereocenters. The van der Waals surface area contributed by atoms with E-state index in [2.05, 4.69) is 0 Å². The molecule has 0 radical (unpaired) electrons. The van der Waals surface area contributed by atoms with Gasteiger partial charge < -0.3 is 9.47 Å². The second-order valence-electron chi connectivity index (χ2n) is 5.30. The Labute approximate surface area is 129 Å². The SMILES string of the molecule is CCOc1cccc(OCC)c1C(=O)PC1CCCCC1. The minimum absolute atomic E-state index is 0.189. The maximum Gasteiger partial charge on any atom is 0.188 e. The van der Waals surface area contributed by atoms with Gasteiger partial charge in [-0.25, -0.2) is 0 Å². The zero-order valence-electron chi connectivity index (χ0n) is 13.0. The van der Waals surface area contributed by atoms with Gasteiger partial charge in [0.05, 0.1) is 13.2 Å². The van der Waals surface area contributed by atoms with E-state index >= 15 is 0 Å². The number of carbonyl (C=O) groups is 1. The Morgan fingerprint density at radius 1 is 1.10 bits per heavy atom. The molecule has 1 saturated carbocycles. The number of benzene rings is 1. The Balaban J connectivity index is 2.19. The van der Waals surface area contributed by atoms with E-state index in [4.69, 9.17) is 9.47 Å². The number of carbonyl (C=O) groups excluding carboxylic acids is 1. The molecule has 1 aliphatic rings. The second-order valence-corrected chi connectivity index (χ2v) is 6.86. The molecule has 0 bridgehead atoms. The van der Waals surface area contributed by atoms with Crippen LogP contribution >= 0.6 is 8.58 Å². The molecule has 116 valence electrons. The Kier molecular flexibility index (Phi) is 6.50. The molecule has 1 aromatic carbocycles. The van der Waals surface area contributed by atoms with Crippen LogP contribution in [-0.4, -0.2) is 24.4 Å². The van der Waals surface area contributed by atoms with E-state index in [1.807, 2.05) is 32.0 Å². The van der Waals surface area contributed by atoms with Crippen molar-refractivity contribution < 1.29 is 14.3 Å². The van der Waals surface area contributed by atoms with Gasteiger partial charge in [0.15, 0.2) is 5.52 Å². The van der Waals surface area contributed by atoms with Crippen molar-refractivity contribution >= 4 is 14.1 Å². The number of hydrogen-bond acceptors (Lipinski definition) is 3. The van der Waals surface area contributed by atoms with E-state index in [0.29, 0.717) is 44.5 Å². The van der Waals surface area contributed by atoms with Gasteiger partial charge in [-0.3, -0.25) is 4.79 Å². The molecule has 0 aromatic heterocycles. The molecule has 21 heavy (non-hydrogen) atoms. The molecule has 1 atom stereocenters. The van der Waals surface area contributed by atoms with Gasteiger partial charge in [0, 0.05) is 0 Å². The lowest BCUT2D eigenvalue weighted by atomic mass is 10.0. The van der Waals surface area contributed by atoms with Crippen LogP contribution in [0.4, 0.5) is 0 Å². The van der Waals surface area contributed by atoms with Gasteiger partial charge in [-0.2, -0.15) is 0 Å². The van der Waals surface area contributed by atoms with Crippen molar-refractivity contribution in [2.24, 2.45) is 0 Å². The van der Waals surface area contributed by atoms with Crippen LogP contribution in [0.1, 0.15) is 56.3 Å². The Morgan fingerprint density at radius 2 is 1.67 bits per heavy atom. The summed E-state index contributed by atoms with van der Waals surface area (Å²) in [4.78, 5) is 12.8. The Hall–Kier alpha value is -1.08. The van der Waals surface area contributed by atoms with E-state index in [9.17, 15) is 4.79 Å². The second kappa shape index (κ2) is 8.38. The Morgan fingerprint density at radius 3 is 2.19 bits per heavy atom. The van der Waals surface area contributed by atoms with Crippen LogP contribution in [0.5, 0.6) is 11.5 Å². The number of rotatable bonds is 7. The molecule has 0 aliphatic heterocycles. The highest BCUT2D eigenvalue weighted by atomic mass is 31.1. The lowest BCUT2D eigenvalue weighted by Gasteiger charge is -2.22. The first-order valence-corrected chi connectivity index (χ1v) is 9.03. The van der Waals surface area contributed by atoms with Crippen molar-refractivity contribution in [3.8, 4) is 11.5 Å². The Bertz CT molecular complexity index is 443. The summed E-state index contributed by atoms with van der Waals surface area (Å²) in [6, 6.07) is 5.62. The van der Waals surface area contributed by atoms with Crippen LogP contribution in [0.2, 0.25) is 0 Å². The quantitative estimate of drug-likeness (QED) is 0.689. The van der Waals surface area contributed by atoms with Crippen molar-refractivity contribution in [2.45, 2.75) is 51.6 Å². The molecule has 0 amide bonds. The van der Waals surface area contributed by atoms with Gasteiger partial charge in [0.2, 0.25) is 0 Å². The average Bonchev–Trinajstić information content (AvgIpc) is 2.49. The van der Waals surface area contributed by atoms with Gasteiger partial charge in [-0.05, 0) is 53.1 Å². The molecule has 1 fully saturated rings. The third kappa shape index (κ3) is 4.44. The zero-order valence-corrected chi connectivity index (χ0v) is 14.0. The summed E-state index contributed by atoms with van der Waals surface area (Å²) in [7, 11) is 0.335. The van der Waals surface area contributed by atoms with Crippen LogP contribution in [-0.2, 0) is 0 Å². The fourth-order valence-corrected chi connectivity index (χ4v) is 4.25. The topological polar surface area (TPSA) is 35.5 Å². The summed E-state index contributed by atoms with van der Waals surface area (Å²) < 4.78 is 11.3. The molecule has 0 N–H and O–H groups in total. The minimum Gasteiger partial charge on any atom is -0.493 e. The highest BCUT2D eigenvalue weighted by Crippen LogP contribution is 2.40. The summed E-state index contributed by atoms with van der Waals surface area (Å²) in [5.41, 5.74) is 1.38. The van der Waals surface area contributed by atoms with Crippen LogP contribution in [0.25, 0.3) is 0 Å². The van der Waals surface area contributed by atoms with Crippen molar-refractivity contribution in [3.05, 3.63) is 23.8 Å². The predicted octanol–water partition coefficient (Wildman–Crippen LogP) is 4.64. The molecule has 1 aromatic rings. The lowest BCUT2D eigenvalue weighted by Crippen LogP contribution is -2.11. The van der Waals surface area contributed by atoms with Crippen LogP contribution in [0, 0.1) is 0 Å². The number of hydrogen-bond donors (Lipinski definition) is 0. The van der Waals surface area contributed by atoms with Crippen molar-refractivity contribution in [1.29, 1.82) is 0 Å².